The minimum Gasteiger partial charge on any atom is -0.356 e. The van der Waals surface area contributed by atoms with Gasteiger partial charge in [-0.2, -0.15) is 5.26 Å². The second-order valence-corrected chi connectivity index (χ2v) is 7.77. The predicted molar refractivity (Wildman–Crippen MR) is 101 cm³/mol. The van der Waals surface area contributed by atoms with E-state index in [9.17, 15) is 4.79 Å². The standard InChI is InChI=1S/C21H21N5O2/c22-12-16-10-18(24-14-23-16)25-8-6-21(7-9-25)11-19-26(20(21)27)17(13-28-19)15-4-2-1-3-5-15/h1-5,10,14,17,19H,6-9,11,13H2/t17-,19-/m0/s1. The number of hydrogen-bond donors (Lipinski definition) is 0. The number of piperidine rings is 1. The fraction of sp³-hybridized carbons (Fsp3) is 0.429. The van der Waals surface area contributed by atoms with Crippen molar-refractivity contribution in [2.24, 2.45) is 5.41 Å². The number of nitriles is 1. The first-order chi connectivity index (χ1) is 13.7. The van der Waals surface area contributed by atoms with Crippen molar-refractivity contribution >= 4 is 11.7 Å². The Labute approximate surface area is 163 Å². The average Bonchev–Trinajstić information content (AvgIpc) is 3.27. The maximum atomic E-state index is 13.4. The Morgan fingerprint density at radius 3 is 2.71 bits per heavy atom. The van der Waals surface area contributed by atoms with Gasteiger partial charge in [-0.05, 0) is 18.4 Å². The molecular formula is C21H21N5O2. The first-order valence-corrected chi connectivity index (χ1v) is 9.67. The maximum Gasteiger partial charge on any atom is 0.231 e. The molecule has 7 heteroatoms. The molecule has 3 saturated heterocycles. The van der Waals surface area contributed by atoms with Crippen molar-refractivity contribution in [1.29, 1.82) is 5.26 Å². The van der Waals surface area contributed by atoms with Crippen LogP contribution in [-0.2, 0) is 9.53 Å². The third-order valence-electron chi connectivity index (χ3n) is 6.34. The van der Waals surface area contributed by atoms with Gasteiger partial charge in [0.2, 0.25) is 5.91 Å². The van der Waals surface area contributed by atoms with Gasteiger partial charge in [0.15, 0.2) is 0 Å². The molecule has 3 fully saturated rings. The molecule has 3 aliphatic rings. The Bertz CT molecular complexity index is 933. The molecule has 0 N–H and O–H groups in total. The summed E-state index contributed by atoms with van der Waals surface area (Å²) in [6.07, 6.45) is 3.61. The van der Waals surface area contributed by atoms with E-state index in [0.717, 1.165) is 43.7 Å². The number of carbonyl (C=O) groups is 1. The van der Waals surface area contributed by atoms with Crippen molar-refractivity contribution < 1.29 is 9.53 Å². The lowest BCUT2D eigenvalue weighted by atomic mass is 9.76. The summed E-state index contributed by atoms with van der Waals surface area (Å²) in [6, 6.07) is 13.9. The van der Waals surface area contributed by atoms with Gasteiger partial charge in [0.1, 0.15) is 30.1 Å². The Balaban J connectivity index is 1.33. The number of carbonyl (C=O) groups excluding carboxylic acids is 1. The fourth-order valence-corrected chi connectivity index (χ4v) is 4.78. The van der Waals surface area contributed by atoms with Crippen LogP contribution in [0.3, 0.4) is 0 Å². The second-order valence-electron chi connectivity index (χ2n) is 7.77. The molecule has 1 spiro atoms. The number of amides is 1. The molecule has 2 atom stereocenters. The Morgan fingerprint density at radius 2 is 1.96 bits per heavy atom. The van der Waals surface area contributed by atoms with Gasteiger partial charge in [-0.15, -0.1) is 0 Å². The Kier molecular flexibility index (Phi) is 4.02. The van der Waals surface area contributed by atoms with E-state index in [4.69, 9.17) is 10.00 Å². The number of ether oxygens (including phenoxy) is 1. The third kappa shape index (κ3) is 2.64. The van der Waals surface area contributed by atoms with Crippen molar-refractivity contribution in [2.75, 3.05) is 24.6 Å². The molecule has 2 aromatic rings. The second kappa shape index (κ2) is 6.57. The highest BCUT2D eigenvalue weighted by atomic mass is 16.5. The van der Waals surface area contributed by atoms with Gasteiger partial charge in [0.05, 0.1) is 18.1 Å². The lowest BCUT2D eigenvalue weighted by molar-refractivity contribution is -0.139. The summed E-state index contributed by atoms with van der Waals surface area (Å²) in [5.74, 6) is 0.981. The molecule has 5 rings (SSSR count). The van der Waals surface area contributed by atoms with Crippen LogP contribution in [0.2, 0.25) is 0 Å². The molecule has 1 amide bonds. The van der Waals surface area contributed by atoms with E-state index in [2.05, 4.69) is 33.1 Å². The smallest absolute Gasteiger partial charge is 0.231 e. The number of benzene rings is 1. The highest BCUT2D eigenvalue weighted by Crippen LogP contribution is 2.50. The van der Waals surface area contributed by atoms with Crippen LogP contribution >= 0.6 is 0 Å². The number of nitrogens with zero attached hydrogens (tertiary/aromatic N) is 5. The number of anilines is 1. The molecule has 1 aromatic heterocycles. The van der Waals surface area contributed by atoms with Crippen LogP contribution < -0.4 is 4.90 Å². The zero-order chi connectivity index (χ0) is 19.1. The number of fused-ring (bicyclic) bond motifs is 1. The molecule has 0 bridgehead atoms. The van der Waals surface area contributed by atoms with E-state index in [1.807, 2.05) is 23.1 Å². The fourth-order valence-electron chi connectivity index (χ4n) is 4.78. The van der Waals surface area contributed by atoms with Crippen molar-refractivity contribution in [3.63, 3.8) is 0 Å². The summed E-state index contributed by atoms with van der Waals surface area (Å²) in [7, 11) is 0. The largest absolute Gasteiger partial charge is 0.356 e. The van der Waals surface area contributed by atoms with Gasteiger partial charge in [0.25, 0.3) is 0 Å². The van der Waals surface area contributed by atoms with E-state index >= 15 is 0 Å². The lowest BCUT2D eigenvalue weighted by Gasteiger charge is -2.38. The van der Waals surface area contributed by atoms with Crippen molar-refractivity contribution in [1.82, 2.24) is 14.9 Å². The van der Waals surface area contributed by atoms with Crippen molar-refractivity contribution in [2.45, 2.75) is 31.5 Å². The topological polar surface area (TPSA) is 82.4 Å². The zero-order valence-corrected chi connectivity index (χ0v) is 15.5. The van der Waals surface area contributed by atoms with E-state index in [-0.39, 0.29) is 23.6 Å². The van der Waals surface area contributed by atoms with Crippen molar-refractivity contribution in [3.05, 3.63) is 54.0 Å². The van der Waals surface area contributed by atoms with E-state index in [0.29, 0.717) is 12.3 Å². The quantitative estimate of drug-likeness (QED) is 0.801. The normalized spacial score (nSPS) is 25.8. The van der Waals surface area contributed by atoms with Crippen molar-refractivity contribution in [3.8, 4) is 6.07 Å². The average molecular weight is 375 g/mol. The SMILES string of the molecule is N#Cc1cc(N2CCC3(CC2)C[C@@H]2OC[C@@H](c4ccccc4)N2C3=O)ncn1. The summed E-state index contributed by atoms with van der Waals surface area (Å²) in [5, 5.41) is 9.05. The Hall–Kier alpha value is -2.98. The van der Waals surface area contributed by atoms with Crippen LogP contribution in [0.15, 0.2) is 42.7 Å². The van der Waals surface area contributed by atoms with Gasteiger partial charge < -0.3 is 14.5 Å². The maximum absolute atomic E-state index is 13.4. The van der Waals surface area contributed by atoms with Crippen LogP contribution in [0.25, 0.3) is 0 Å². The molecule has 142 valence electrons. The molecule has 0 aliphatic carbocycles. The van der Waals surface area contributed by atoms with Crippen LogP contribution in [-0.4, -0.2) is 46.7 Å². The highest BCUT2D eigenvalue weighted by molar-refractivity contribution is 5.86. The number of hydrogen-bond acceptors (Lipinski definition) is 6. The first kappa shape index (κ1) is 17.1. The van der Waals surface area contributed by atoms with Crippen LogP contribution in [0.1, 0.15) is 36.6 Å². The molecule has 1 aromatic carbocycles. The molecule has 28 heavy (non-hydrogen) atoms. The number of rotatable bonds is 2. The molecule has 0 saturated carbocycles. The van der Waals surface area contributed by atoms with Gasteiger partial charge in [-0.25, -0.2) is 9.97 Å². The van der Waals surface area contributed by atoms with Gasteiger partial charge >= 0.3 is 0 Å². The van der Waals surface area contributed by atoms with Gasteiger partial charge in [-0.3, -0.25) is 4.79 Å². The minimum absolute atomic E-state index is 0.0103. The molecule has 3 aliphatic heterocycles. The molecule has 0 unspecified atom stereocenters. The minimum atomic E-state index is -0.348. The third-order valence-corrected chi connectivity index (χ3v) is 6.34. The Morgan fingerprint density at radius 1 is 1.18 bits per heavy atom. The summed E-state index contributed by atoms with van der Waals surface area (Å²) in [6.45, 7) is 2.05. The molecule has 7 nitrogen and oxygen atoms in total. The van der Waals surface area contributed by atoms with Crippen LogP contribution in [0, 0.1) is 16.7 Å². The molecular weight excluding hydrogens is 354 g/mol. The lowest BCUT2D eigenvalue weighted by Crippen LogP contribution is -2.45. The van der Waals surface area contributed by atoms with Crippen LogP contribution in [0.5, 0.6) is 0 Å². The monoisotopic (exact) mass is 375 g/mol. The molecule has 4 heterocycles. The summed E-state index contributed by atoms with van der Waals surface area (Å²) in [5.41, 5.74) is 1.15. The first-order valence-electron chi connectivity index (χ1n) is 9.67. The van der Waals surface area contributed by atoms with Crippen LogP contribution in [0.4, 0.5) is 5.82 Å². The summed E-state index contributed by atoms with van der Waals surface area (Å²) >= 11 is 0. The zero-order valence-electron chi connectivity index (χ0n) is 15.5. The predicted octanol–water partition coefficient (Wildman–Crippen LogP) is 2.26. The van der Waals surface area contributed by atoms with E-state index in [1.165, 1.54) is 6.33 Å². The summed E-state index contributed by atoms with van der Waals surface area (Å²) in [4.78, 5) is 25.8. The number of aromatic nitrogens is 2. The summed E-state index contributed by atoms with van der Waals surface area (Å²) < 4.78 is 6.02. The highest BCUT2D eigenvalue weighted by Gasteiger charge is 2.57. The van der Waals surface area contributed by atoms with E-state index < -0.39 is 0 Å². The van der Waals surface area contributed by atoms with E-state index in [1.54, 1.807) is 6.07 Å². The van der Waals surface area contributed by atoms with Gasteiger partial charge in [0, 0.05) is 25.6 Å². The van der Waals surface area contributed by atoms with Gasteiger partial charge in [-0.1, -0.05) is 30.3 Å². The molecule has 0 radical (unpaired) electrons.